The van der Waals surface area contributed by atoms with Gasteiger partial charge in [-0.25, -0.2) is 0 Å². The van der Waals surface area contributed by atoms with Crippen LogP contribution in [0.3, 0.4) is 0 Å². The number of alkyl halides is 2. The van der Waals surface area contributed by atoms with E-state index in [4.69, 9.17) is 0 Å². The smallest absolute Gasteiger partial charge is 0.387 e. The van der Waals surface area contributed by atoms with Gasteiger partial charge in [-0.1, -0.05) is 0 Å². The van der Waals surface area contributed by atoms with Gasteiger partial charge in [-0.15, -0.1) is 0 Å². The fourth-order valence-corrected chi connectivity index (χ4v) is 1.72. The van der Waals surface area contributed by atoms with E-state index in [0.717, 1.165) is 6.20 Å². The SMILES string of the molecule is Cc1cc(OC(F)F)ccc1NC(=O)c1[nH]ncc1[N+](=O)[O-]. The number of halogens is 2. The number of nitro groups is 1. The number of aryl methyl sites for hydroxylation is 1. The zero-order valence-electron chi connectivity index (χ0n) is 11.2. The van der Waals surface area contributed by atoms with Crippen LogP contribution in [0.5, 0.6) is 5.75 Å². The molecule has 0 radical (unpaired) electrons. The third-order valence-electron chi connectivity index (χ3n) is 2.71. The lowest BCUT2D eigenvalue weighted by Gasteiger charge is -2.10. The van der Waals surface area contributed by atoms with E-state index >= 15 is 0 Å². The Hall–Kier alpha value is -3.04. The molecule has 116 valence electrons. The summed E-state index contributed by atoms with van der Waals surface area (Å²) in [6.45, 7) is -1.39. The summed E-state index contributed by atoms with van der Waals surface area (Å²) in [7, 11) is 0. The number of carbonyl (C=O) groups excluding carboxylic acids is 1. The summed E-state index contributed by atoms with van der Waals surface area (Å²) < 4.78 is 28.4. The Morgan fingerprint density at radius 1 is 1.50 bits per heavy atom. The fourth-order valence-electron chi connectivity index (χ4n) is 1.72. The van der Waals surface area contributed by atoms with E-state index in [0.29, 0.717) is 11.3 Å². The number of aromatic nitrogens is 2. The molecule has 2 rings (SSSR count). The first-order chi connectivity index (χ1) is 10.4. The molecule has 1 heterocycles. The van der Waals surface area contributed by atoms with Crippen molar-refractivity contribution in [1.29, 1.82) is 0 Å². The Labute approximate surface area is 122 Å². The summed E-state index contributed by atoms with van der Waals surface area (Å²) in [5.41, 5.74) is -0.0192. The molecular weight excluding hydrogens is 302 g/mol. The molecule has 0 atom stereocenters. The second-order valence-electron chi connectivity index (χ2n) is 4.20. The van der Waals surface area contributed by atoms with Crippen LogP contribution in [0.1, 0.15) is 16.1 Å². The lowest BCUT2D eigenvalue weighted by Crippen LogP contribution is -2.15. The van der Waals surface area contributed by atoms with Gasteiger partial charge in [0.2, 0.25) is 5.69 Å². The predicted octanol–water partition coefficient (Wildman–Crippen LogP) is 2.48. The second kappa shape index (κ2) is 6.16. The summed E-state index contributed by atoms with van der Waals surface area (Å²) in [5.74, 6) is -0.826. The number of amides is 1. The van der Waals surface area contributed by atoms with E-state index in [-0.39, 0.29) is 11.4 Å². The van der Waals surface area contributed by atoms with Crippen LogP contribution >= 0.6 is 0 Å². The molecule has 1 amide bonds. The highest BCUT2D eigenvalue weighted by Crippen LogP contribution is 2.24. The van der Waals surface area contributed by atoms with Gasteiger partial charge >= 0.3 is 12.3 Å². The summed E-state index contributed by atoms with van der Waals surface area (Å²) in [4.78, 5) is 22.0. The fraction of sp³-hybridized carbons (Fsp3) is 0.167. The molecule has 0 bridgehead atoms. The average molecular weight is 312 g/mol. The lowest BCUT2D eigenvalue weighted by molar-refractivity contribution is -0.385. The van der Waals surface area contributed by atoms with Crippen LogP contribution in [-0.2, 0) is 0 Å². The predicted molar refractivity (Wildman–Crippen MR) is 71.0 cm³/mol. The second-order valence-corrected chi connectivity index (χ2v) is 4.20. The number of aromatic amines is 1. The van der Waals surface area contributed by atoms with Crippen molar-refractivity contribution in [3.8, 4) is 5.75 Å². The molecule has 0 saturated carbocycles. The van der Waals surface area contributed by atoms with Crippen LogP contribution < -0.4 is 10.1 Å². The summed E-state index contributed by atoms with van der Waals surface area (Å²) in [5, 5.41) is 18.8. The number of nitrogens with one attached hydrogen (secondary N) is 2. The van der Waals surface area contributed by atoms with Crippen LogP contribution in [0, 0.1) is 17.0 Å². The molecule has 0 aliphatic heterocycles. The zero-order chi connectivity index (χ0) is 16.3. The first-order valence-electron chi connectivity index (χ1n) is 5.93. The van der Waals surface area contributed by atoms with E-state index in [1.807, 2.05) is 0 Å². The molecule has 0 aliphatic carbocycles. The number of H-pyrrole nitrogens is 1. The first-order valence-corrected chi connectivity index (χ1v) is 5.93. The molecule has 8 nitrogen and oxygen atoms in total. The first kappa shape index (κ1) is 15.4. The highest BCUT2D eigenvalue weighted by Gasteiger charge is 2.23. The molecule has 0 aliphatic rings. The van der Waals surface area contributed by atoms with Gasteiger partial charge in [-0.05, 0) is 30.7 Å². The highest BCUT2D eigenvalue weighted by atomic mass is 19.3. The maximum Gasteiger partial charge on any atom is 0.387 e. The van der Waals surface area contributed by atoms with E-state index in [9.17, 15) is 23.7 Å². The van der Waals surface area contributed by atoms with Gasteiger partial charge < -0.3 is 10.1 Å². The third kappa shape index (κ3) is 3.34. The minimum Gasteiger partial charge on any atom is -0.435 e. The summed E-state index contributed by atoms with van der Waals surface area (Å²) >= 11 is 0. The van der Waals surface area contributed by atoms with Gasteiger partial charge in [0.05, 0.1) is 4.92 Å². The Balaban J connectivity index is 2.18. The van der Waals surface area contributed by atoms with Crippen molar-refractivity contribution >= 4 is 17.3 Å². The number of carbonyl (C=O) groups is 1. The van der Waals surface area contributed by atoms with Crippen molar-refractivity contribution in [2.45, 2.75) is 13.5 Å². The molecule has 0 spiro atoms. The number of benzene rings is 1. The monoisotopic (exact) mass is 312 g/mol. The van der Waals surface area contributed by atoms with Crippen molar-refractivity contribution in [1.82, 2.24) is 10.2 Å². The molecule has 1 aromatic heterocycles. The van der Waals surface area contributed by atoms with Crippen molar-refractivity contribution in [2.24, 2.45) is 0 Å². The van der Waals surface area contributed by atoms with E-state index in [1.165, 1.54) is 18.2 Å². The van der Waals surface area contributed by atoms with Gasteiger partial charge in [0.1, 0.15) is 11.9 Å². The van der Waals surface area contributed by atoms with Crippen molar-refractivity contribution in [3.63, 3.8) is 0 Å². The molecule has 2 N–H and O–H groups in total. The van der Waals surface area contributed by atoms with Crippen molar-refractivity contribution < 1.29 is 23.2 Å². The molecular formula is C12H10F2N4O4. The Bertz CT molecular complexity index is 717. The summed E-state index contributed by atoms with van der Waals surface area (Å²) in [6.07, 6.45) is 0.918. The van der Waals surface area contributed by atoms with Crippen LogP contribution in [0.15, 0.2) is 24.4 Å². The maximum absolute atomic E-state index is 12.1. The van der Waals surface area contributed by atoms with Crippen molar-refractivity contribution in [3.05, 3.63) is 45.8 Å². The van der Waals surface area contributed by atoms with Gasteiger partial charge in [0, 0.05) is 5.69 Å². The van der Waals surface area contributed by atoms with Gasteiger partial charge in [0.25, 0.3) is 5.91 Å². The van der Waals surface area contributed by atoms with E-state index in [1.54, 1.807) is 6.92 Å². The van der Waals surface area contributed by atoms with E-state index in [2.05, 4.69) is 20.3 Å². The topological polar surface area (TPSA) is 110 Å². The van der Waals surface area contributed by atoms with Crippen LogP contribution in [0.25, 0.3) is 0 Å². The number of anilines is 1. The molecule has 10 heteroatoms. The number of nitrogens with zero attached hydrogens (tertiary/aromatic N) is 2. The lowest BCUT2D eigenvalue weighted by atomic mass is 10.2. The molecule has 0 unspecified atom stereocenters. The van der Waals surface area contributed by atoms with Gasteiger partial charge in [-0.3, -0.25) is 20.0 Å². The minimum absolute atomic E-state index is 0.0574. The maximum atomic E-state index is 12.1. The largest absolute Gasteiger partial charge is 0.435 e. The number of hydrogen-bond acceptors (Lipinski definition) is 5. The Morgan fingerprint density at radius 3 is 2.82 bits per heavy atom. The normalized spacial score (nSPS) is 10.5. The number of ether oxygens (including phenoxy) is 1. The Morgan fingerprint density at radius 2 is 2.23 bits per heavy atom. The van der Waals surface area contributed by atoms with Crippen LogP contribution in [-0.4, -0.2) is 27.6 Å². The average Bonchev–Trinajstić information content (AvgIpc) is 2.90. The number of hydrogen-bond donors (Lipinski definition) is 2. The third-order valence-corrected chi connectivity index (χ3v) is 2.71. The molecule has 0 fully saturated rings. The Kier molecular flexibility index (Phi) is 4.30. The quantitative estimate of drug-likeness (QED) is 0.651. The van der Waals surface area contributed by atoms with Crippen molar-refractivity contribution in [2.75, 3.05) is 5.32 Å². The van der Waals surface area contributed by atoms with Gasteiger partial charge in [0.15, 0.2) is 0 Å². The number of rotatable bonds is 5. The van der Waals surface area contributed by atoms with Gasteiger partial charge in [-0.2, -0.15) is 13.9 Å². The van der Waals surface area contributed by atoms with E-state index < -0.39 is 23.1 Å². The highest BCUT2D eigenvalue weighted by molar-refractivity contribution is 6.05. The van der Waals surface area contributed by atoms with Crippen LogP contribution in [0.4, 0.5) is 20.2 Å². The molecule has 22 heavy (non-hydrogen) atoms. The standard InChI is InChI=1S/C12H10F2N4O4/c1-6-4-7(22-12(13)14)2-3-8(6)16-11(19)10-9(18(20)21)5-15-17-10/h2-5,12H,1H3,(H,15,17)(H,16,19). The van der Waals surface area contributed by atoms with Crippen LogP contribution in [0.2, 0.25) is 0 Å². The molecule has 2 aromatic rings. The summed E-state index contributed by atoms with van der Waals surface area (Å²) in [6, 6.07) is 3.91. The zero-order valence-corrected chi connectivity index (χ0v) is 11.2. The molecule has 1 aromatic carbocycles. The molecule has 0 saturated heterocycles. The minimum atomic E-state index is -2.95.